The Hall–Kier alpha value is -1.92. The van der Waals surface area contributed by atoms with E-state index < -0.39 is 21.0 Å². The van der Waals surface area contributed by atoms with Crippen molar-refractivity contribution in [2.75, 3.05) is 0 Å². The lowest BCUT2D eigenvalue weighted by Gasteiger charge is -2.13. The van der Waals surface area contributed by atoms with E-state index in [0.717, 1.165) is 25.7 Å². The van der Waals surface area contributed by atoms with E-state index in [1.807, 2.05) is 0 Å². The fraction of sp³-hybridized carbons (Fsp3) is 0.421. The first kappa shape index (κ1) is 21.1. The summed E-state index contributed by atoms with van der Waals surface area (Å²) in [5.41, 5.74) is 0.726. The Kier molecular flexibility index (Phi) is 8.58. The zero-order valence-corrected chi connectivity index (χ0v) is 15.6. The van der Waals surface area contributed by atoms with E-state index in [2.05, 4.69) is 6.92 Å². The van der Waals surface area contributed by atoms with Gasteiger partial charge in [-0.05, 0) is 30.9 Å². The molecule has 0 aliphatic carbocycles. The van der Waals surface area contributed by atoms with Crippen LogP contribution in [-0.4, -0.2) is 24.0 Å². The van der Waals surface area contributed by atoms with Gasteiger partial charge in [-0.3, -0.25) is 4.55 Å². The van der Waals surface area contributed by atoms with Crippen molar-refractivity contribution in [1.29, 1.82) is 0 Å². The lowest BCUT2D eigenvalue weighted by Crippen LogP contribution is -2.14. The molecule has 0 bridgehead atoms. The van der Waals surface area contributed by atoms with Crippen LogP contribution in [0.2, 0.25) is 0 Å². The summed E-state index contributed by atoms with van der Waals surface area (Å²) < 4.78 is 33.4. The third-order valence-corrected chi connectivity index (χ3v) is 4.83. The Morgan fingerprint density at radius 1 is 1.08 bits per heavy atom. The lowest BCUT2D eigenvalue weighted by atomic mass is 9.97. The monoisotopic (exact) mass is 366 g/mol. The largest absolute Gasteiger partial charge is 0.478 e. The van der Waals surface area contributed by atoms with Gasteiger partial charge in [0.05, 0.1) is 5.57 Å². The second-order valence-corrected chi connectivity index (χ2v) is 7.23. The highest BCUT2D eigenvalue weighted by Crippen LogP contribution is 2.28. The van der Waals surface area contributed by atoms with E-state index in [4.69, 9.17) is 0 Å². The Bertz CT molecular complexity index is 730. The molecule has 1 rings (SSSR count). The first-order valence-electron chi connectivity index (χ1n) is 8.51. The SMILES string of the molecule is CCCCCCC(CC)=C(C(=O)O)C(=Cc1ccccc1)S(=O)(=O)O. The van der Waals surface area contributed by atoms with Crippen molar-refractivity contribution < 1.29 is 22.9 Å². The molecule has 0 heterocycles. The number of hydrogen-bond acceptors (Lipinski definition) is 3. The van der Waals surface area contributed by atoms with Gasteiger partial charge in [-0.2, -0.15) is 8.42 Å². The molecule has 0 aliphatic heterocycles. The van der Waals surface area contributed by atoms with Gasteiger partial charge in [-0.1, -0.05) is 69.0 Å². The molecule has 0 amide bonds. The number of unbranched alkanes of at least 4 members (excludes halogenated alkanes) is 3. The predicted molar refractivity (Wildman–Crippen MR) is 99.7 cm³/mol. The maximum Gasteiger partial charge on any atom is 0.337 e. The molecule has 5 nitrogen and oxygen atoms in total. The molecule has 138 valence electrons. The van der Waals surface area contributed by atoms with Crippen molar-refractivity contribution in [2.24, 2.45) is 0 Å². The van der Waals surface area contributed by atoms with Crippen LogP contribution in [0.1, 0.15) is 57.9 Å². The van der Waals surface area contributed by atoms with Crippen LogP contribution in [0.3, 0.4) is 0 Å². The number of benzene rings is 1. The van der Waals surface area contributed by atoms with Crippen molar-refractivity contribution in [3.63, 3.8) is 0 Å². The minimum absolute atomic E-state index is 0.314. The van der Waals surface area contributed by atoms with Crippen LogP contribution >= 0.6 is 0 Å². The second-order valence-electron chi connectivity index (χ2n) is 5.84. The molecular formula is C19H26O5S. The summed E-state index contributed by atoms with van der Waals surface area (Å²) in [4.78, 5) is 11.2. The quantitative estimate of drug-likeness (QED) is 0.271. The fourth-order valence-electron chi connectivity index (χ4n) is 2.65. The highest BCUT2D eigenvalue weighted by Gasteiger charge is 2.27. The average molecular weight is 366 g/mol. The van der Waals surface area contributed by atoms with Crippen molar-refractivity contribution in [3.05, 3.63) is 51.9 Å². The maximum atomic E-state index is 11.9. The first-order valence-corrected chi connectivity index (χ1v) is 9.95. The summed E-state index contributed by atoms with van der Waals surface area (Å²) in [6.45, 7) is 3.88. The van der Waals surface area contributed by atoms with Gasteiger partial charge in [-0.25, -0.2) is 4.79 Å². The molecule has 1 aromatic rings. The van der Waals surface area contributed by atoms with E-state index in [1.165, 1.54) is 6.08 Å². The minimum Gasteiger partial charge on any atom is -0.478 e. The van der Waals surface area contributed by atoms with Crippen molar-refractivity contribution >= 4 is 22.2 Å². The number of carboxylic acids is 1. The molecule has 25 heavy (non-hydrogen) atoms. The van der Waals surface area contributed by atoms with E-state index >= 15 is 0 Å². The first-order chi connectivity index (χ1) is 11.8. The van der Waals surface area contributed by atoms with Gasteiger partial charge < -0.3 is 5.11 Å². The van der Waals surface area contributed by atoms with Crippen molar-refractivity contribution in [3.8, 4) is 0 Å². The molecule has 0 atom stereocenters. The predicted octanol–water partition coefficient (Wildman–Crippen LogP) is 4.68. The number of carbonyl (C=O) groups is 1. The topological polar surface area (TPSA) is 91.7 Å². The molecule has 0 aliphatic rings. The van der Waals surface area contributed by atoms with E-state index in [1.54, 1.807) is 37.3 Å². The smallest absolute Gasteiger partial charge is 0.337 e. The van der Waals surface area contributed by atoms with Crippen LogP contribution < -0.4 is 0 Å². The van der Waals surface area contributed by atoms with E-state index in [9.17, 15) is 22.9 Å². The molecule has 0 spiro atoms. The van der Waals surface area contributed by atoms with Gasteiger partial charge in [0.25, 0.3) is 10.1 Å². The number of carboxylic acid groups (broad SMARTS) is 1. The Balaban J connectivity index is 3.40. The van der Waals surface area contributed by atoms with Gasteiger partial charge in [0.1, 0.15) is 4.91 Å². The summed E-state index contributed by atoms with van der Waals surface area (Å²) in [5.74, 6) is -1.34. The van der Waals surface area contributed by atoms with Gasteiger partial charge in [-0.15, -0.1) is 0 Å². The second kappa shape index (κ2) is 10.2. The van der Waals surface area contributed by atoms with Crippen LogP contribution in [0.5, 0.6) is 0 Å². The van der Waals surface area contributed by atoms with Gasteiger partial charge >= 0.3 is 5.97 Å². The Morgan fingerprint density at radius 2 is 1.72 bits per heavy atom. The number of aliphatic carboxylic acids is 1. The van der Waals surface area contributed by atoms with Crippen molar-refractivity contribution in [1.82, 2.24) is 0 Å². The van der Waals surface area contributed by atoms with Crippen LogP contribution in [0.25, 0.3) is 6.08 Å². The van der Waals surface area contributed by atoms with Crippen LogP contribution in [0.15, 0.2) is 46.4 Å². The number of allylic oxidation sites excluding steroid dienone is 1. The van der Waals surface area contributed by atoms with Crippen LogP contribution in [0, 0.1) is 0 Å². The van der Waals surface area contributed by atoms with E-state index in [-0.39, 0.29) is 5.57 Å². The molecule has 2 N–H and O–H groups in total. The fourth-order valence-corrected chi connectivity index (χ4v) is 3.43. The molecule has 0 fully saturated rings. The van der Waals surface area contributed by atoms with Crippen LogP contribution in [0.4, 0.5) is 0 Å². The third kappa shape index (κ3) is 6.84. The average Bonchev–Trinajstić information content (AvgIpc) is 2.56. The Labute approximate surface area is 149 Å². The third-order valence-electron chi connectivity index (χ3n) is 3.95. The van der Waals surface area contributed by atoms with Gasteiger partial charge in [0.15, 0.2) is 0 Å². The molecule has 6 heteroatoms. The van der Waals surface area contributed by atoms with Crippen molar-refractivity contribution in [2.45, 2.75) is 52.4 Å². The zero-order chi connectivity index (χ0) is 18.9. The molecule has 0 saturated heterocycles. The summed E-state index contributed by atoms with van der Waals surface area (Å²) in [6, 6.07) is 8.49. The molecular weight excluding hydrogens is 340 g/mol. The lowest BCUT2D eigenvalue weighted by molar-refractivity contribution is -0.132. The van der Waals surface area contributed by atoms with E-state index in [0.29, 0.717) is 24.0 Å². The maximum absolute atomic E-state index is 11.9. The summed E-state index contributed by atoms with van der Waals surface area (Å²) in [6.07, 6.45) is 5.97. The standard InChI is InChI=1S/C19H26O5S/c1-3-5-6-10-13-16(4-2)18(19(20)21)17(25(22,23)24)14-15-11-8-7-9-12-15/h7-9,11-12,14H,3-6,10,13H2,1-2H3,(H,20,21)(H,22,23,24). The molecule has 1 aromatic carbocycles. The van der Waals surface area contributed by atoms with Gasteiger partial charge in [0, 0.05) is 0 Å². The molecule has 0 radical (unpaired) electrons. The normalized spacial score (nSPS) is 13.5. The molecule has 0 unspecified atom stereocenters. The molecule has 0 saturated carbocycles. The zero-order valence-electron chi connectivity index (χ0n) is 14.7. The summed E-state index contributed by atoms with van der Waals surface area (Å²) in [5, 5.41) is 9.61. The molecule has 0 aromatic heterocycles. The highest BCUT2D eigenvalue weighted by atomic mass is 32.2. The van der Waals surface area contributed by atoms with Crippen LogP contribution in [-0.2, 0) is 14.9 Å². The highest BCUT2D eigenvalue weighted by molar-refractivity contribution is 7.90. The minimum atomic E-state index is -4.68. The van der Waals surface area contributed by atoms with Gasteiger partial charge in [0.2, 0.25) is 0 Å². The number of hydrogen-bond donors (Lipinski definition) is 2. The number of rotatable bonds is 10. The summed E-state index contributed by atoms with van der Waals surface area (Å²) >= 11 is 0. The summed E-state index contributed by atoms with van der Waals surface area (Å²) in [7, 11) is -4.68. The Morgan fingerprint density at radius 3 is 2.20 bits per heavy atom.